The largest absolute Gasteiger partial charge is 0.324 e. The first-order valence-electron chi connectivity index (χ1n) is 13.4. The van der Waals surface area contributed by atoms with E-state index in [1.807, 2.05) is 57.0 Å². The quantitative estimate of drug-likeness (QED) is 0.334. The summed E-state index contributed by atoms with van der Waals surface area (Å²) in [7, 11) is 5.92. The highest BCUT2D eigenvalue weighted by molar-refractivity contribution is 6.02. The van der Waals surface area contributed by atoms with Crippen LogP contribution < -0.4 is 10.6 Å². The maximum absolute atomic E-state index is 13.1. The summed E-state index contributed by atoms with van der Waals surface area (Å²) < 4.78 is 3.53. The van der Waals surface area contributed by atoms with Gasteiger partial charge in [0.2, 0.25) is 0 Å². The zero-order chi connectivity index (χ0) is 27.6. The number of nitrogens with zero attached hydrogens (tertiary/aromatic N) is 7. The zero-order valence-electron chi connectivity index (χ0n) is 23.0. The standard InChI is InChI=1S/C30H33N9O/c1-36-10-12-39(13-11-36)19-21-4-7-27(26(14-21)25-18-32-37(2)20-25)33-30(40)34-29-16-28(38(3)35-29)23-6-5-22-8-9-31-17-24(22)15-23/h4-9,14-18,20H,10-13,19H2,1-3H3,(H2,33,34,35,40). The number of carbonyl (C=O) groups is 1. The Morgan fingerprint density at radius 2 is 1.73 bits per heavy atom. The van der Waals surface area contributed by atoms with Crippen LogP contribution in [0.1, 0.15) is 5.56 Å². The van der Waals surface area contributed by atoms with E-state index in [1.54, 1.807) is 15.6 Å². The molecule has 1 saturated heterocycles. The van der Waals surface area contributed by atoms with Gasteiger partial charge in [0.25, 0.3) is 0 Å². The molecule has 3 aromatic heterocycles. The molecule has 6 rings (SSSR count). The molecule has 2 amide bonds. The number of nitrogens with one attached hydrogen (secondary N) is 2. The number of aryl methyl sites for hydroxylation is 2. The van der Waals surface area contributed by atoms with Crippen molar-refractivity contribution < 1.29 is 4.79 Å². The summed E-state index contributed by atoms with van der Waals surface area (Å²) in [5.41, 5.74) is 5.69. The van der Waals surface area contributed by atoms with Gasteiger partial charge >= 0.3 is 6.03 Å². The molecule has 0 bridgehead atoms. The molecule has 1 aliphatic heterocycles. The number of rotatable bonds is 6. The van der Waals surface area contributed by atoms with Crippen LogP contribution in [-0.4, -0.2) is 73.6 Å². The zero-order valence-corrected chi connectivity index (χ0v) is 23.0. The molecule has 0 radical (unpaired) electrons. The Labute approximate surface area is 233 Å². The number of fused-ring (bicyclic) bond motifs is 1. The molecule has 204 valence electrons. The molecule has 2 aromatic carbocycles. The summed E-state index contributed by atoms with van der Waals surface area (Å²) in [6.45, 7) is 5.10. The van der Waals surface area contributed by atoms with E-state index in [-0.39, 0.29) is 6.03 Å². The highest BCUT2D eigenvalue weighted by Crippen LogP contribution is 2.30. The van der Waals surface area contributed by atoms with Crippen LogP contribution in [0.2, 0.25) is 0 Å². The maximum Gasteiger partial charge on any atom is 0.324 e. The fourth-order valence-electron chi connectivity index (χ4n) is 5.17. The van der Waals surface area contributed by atoms with Gasteiger partial charge in [0.1, 0.15) is 0 Å². The molecule has 4 heterocycles. The van der Waals surface area contributed by atoms with E-state index in [2.05, 4.69) is 66.9 Å². The van der Waals surface area contributed by atoms with Crippen LogP contribution in [0.3, 0.4) is 0 Å². The molecular weight excluding hydrogens is 502 g/mol. The van der Waals surface area contributed by atoms with Gasteiger partial charge in [0.15, 0.2) is 5.82 Å². The molecule has 5 aromatic rings. The molecule has 0 unspecified atom stereocenters. The summed E-state index contributed by atoms with van der Waals surface area (Å²) in [5, 5.41) is 17.0. The topological polar surface area (TPSA) is 96.1 Å². The molecule has 0 atom stereocenters. The van der Waals surface area contributed by atoms with Gasteiger partial charge in [-0.25, -0.2) is 4.79 Å². The second kappa shape index (κ2) is 10.9. The van der Waals surface area contributed by atoms with Crippen LogP contribution in [0.5, 0.6) is 0 Å². The first-order chi connectivity index (χ1) is 19.4. The van der Waals surface area contributed by atoms with Crippen molar-refractivity contribution in [2.24, 2.45) is 14.1 Å². The third-order valence-electron chi connectivity index (χ3n) is 7.41. The minimum Gasteiger partial charge on any atom is -0.307 e. The number of hydrogen-bond acceptors (Lipinski definition) is 6. The van der Waals surface area contributed by atoms with Crippen LogP contribution >= 0.6 is 0 Å². The Hall–Kier alpha value is -4.54. The molecule has 0 aliphatic carbocycles. The molecule has 0 saturated carbocycles. The lowest BCUT2D eigenvalue weighted by atomic mass is 10.0. The van der Waals surface area contributed by atoms with E-state index in [1.165, 1.54) is 5.56 Å². The Morgan fingerprint density at radius 3 is 2.52 bits per heavy atom. The third kappa shape index (κ3) is 5.58. The average molecular weight is 536 g/mol. The van der Waals surface area contributed by atoms with E-state index < -0.39 is 0 Å². The lowest BCUT2D eigenvalue weighted by Crippen LogP contribution is -2.43. The average Bonchev–Trinajstić information content (AvgIpc) is 3.55. The van der Waals surface area contributed by atoms with Gasteiger partial charge in [-0.15, -0.1) is 0 Å². The normalized spacial score (nSPS) is 14.5. The van der Waals surface area contributed by atoms with Crippen LogP contribution in [0, 0.1) is 0 Å². The summed E-state index contributed by atoms with van der Waals surface area (Å²) in [6.07, 6.45) is 7.41. The third-order valence-corrected chi connectivity index (χ3v) is 7.41. The molecule has 2 N–H and O–H groups in total. The van der Waals surface area contributed by atoms with Gasteiger partial charge in [0.05, 0.1) is 17.6 Å². The monoisotopic (exact) mass is 535 g/mol. The number of benzene rings is 2. The summed E-state index contributed by atoms with van der Waals surface area (Å²) in [4.78, 5) is 22.2. The van der Waals surface area contributed by atoms with Crippen LogP contribution in [0.25, 0.3) is 33.2 Å². The van der Waals surface area contributed by atoms with E-state index in [0.717, 1.165) is 65.9 Å². The number of pyridine rings is 1. The van der Waals surface area contributed by atoms with Crippen molar-refractivity contribution in [2.75, 3.05) is 43.9 Å². The molecule has 10 nitrogen and oxygen atoms in total. The minimum atomic E-state index is -0.357. The van der Waals surface area contributed by atoms with Crippen molar-refractivity contribution in [3.63, 3.8) is 0 Å². The van der Waals surface area contributed by atoms with Crippen molar-refractivity contribution >= 4 is 28.3 Å². The fourth-order valence-corrected chi connectivity index (χ4v) is 5.17. The lowest BCUT2D eigenvalue weighted by Gasteiger charge is -2.32. The van der Waals surface area contributed by atoms with Crippen molar-refractivity contribution in [3.05, 3.63) is 78.9 Å². The Balaban J connectivity index is 1.20. The van der Waals surface area contributed by atoms with Crippen LogP contribution in [-0.2, 0) is 20.6 Å². The number of anilines is 2. The number of aromatic nitrogens is 5. The van der Waals surface area contributed by atoms with Crippen LogP contribution in [0.4, 0.5) is 16.3 Å². The van der Waals surface area contributed by atoms with Crippen molar-refractivity contribution in [1.29, 1.82) is 0 Å². The molecule has 0 spiro atoms. The van der Waals surface area contributed by atoms with Gasteiger partial charge in [0, 0.05) is 93.6 Å². The Morgan fingerprint density at radius 1 is 0.875 bits per heavy atom. The van der Waals surface area contributed by atoms with Gasteiger partial charge in [-0.05, 0) is 42.3 Å². The molecule has 40 heavy (non-hydrogen) atoms. The number of amides is 2. The number of carbonyl (C=O) groups excluding carboxylic acids is 1. The number of piperazine rings is 1. The molecular formula is C30H33N9O. The second-order valence-electron chi connectivity index (χ2n) is 10.4. The SMILES string of the molecule is CN1CCN(Cc2ccc(NC(=O)Nc3cc(-c4ccc5ccncc5c4)n(C)n3)c(-c3cnn(C)c3)c2)CC1. The van der Waals surface area contributed by atoms with E-state index >= 15 is 0 Å². The van der Waals surface area contributed by atoms with E-state index in [0.29, 0.717) is 11.5 Å². The van der Waals surface area contributed by atoms with Crippen molar-refractivity contribution in [2.45, 2.75) is 6.54 Å². The van der Waals surface area contributed by atoms with E-state index in [9.17, 15) is 4.79 Å². The predicted octanol–water partition coefficient (Wildman–Crippen LogP) is 4.43. The van der Waals surface area contributed by atoms with Crippen LogP contribution in [0.15, 0.2) is 73.3 Å². The van der Waals surface area contributed by atoms with E-state index in [4.69, 9.17) is 0 Å². The second-order valence-corrected chi connectivity index (χ2v) is 10.4. The predicted molar refractivity (Wildman–Crippen MR) is 158 cm³/mol. The number of likely N-dealkylation sites (N-methyl/N-ethyl adjacent to an activating group) is 1. The van der Waals surface area contributed by atoms with Gasteiger partial charge < -0.3 is 10.2 Å². The number of hydrogen-bond donors (Lipinski definition) is 2. The minimum absolute atomic E-state index is 0.357. The van der Waals surface area contributed by atoms with Gasteiger partial charge in [-0.1, -0.05) is 18.2 Å². The Kier molecular flexibility index (Phi) is 7.02. The first kappa shape index (κ1) is 25.7. The first-order valence-corrected chi connectivity index (χ1v) is 13.4. The molecule has 10 heteroatoms. The van der Waals surface area contributed by atoms with Gasteiger partial charge in [-0.3, -0.25) is 24.6 Å². The van der Waals surface area contributed by atoms with Crippen molar-refractivity contribution in [3.8, 4) is 22.4 Å². The number of urea groups is 1. The maximum atomic E-state index is 13.1. The molecule has 1 aliphatic rings. The Bertz CT molecular complexity index is 1660. The summed E-state index contributed by atoms with van der Waals surface area (Å²) in [6, 6.07) is 15.9. The van der Waals surface area contributed by atoms with Crippen molar-refractivity contribution in [1.82, 2.24) is 34.3 Å². The smallest absolute Gasteiger partial charge is 0.307 e. The molecule has 1 fully saturated rings. The van der Waals surface area contributed by atoms with Gasteiger partial charge in [-0.2, -0.15) is 10.2 Å². The summed E-state index contributed by atoms with van der Waals surface area (Å²) >= 11 is 0. The highest BCUT2D eigenvalue weighted by Gasteiger charge is 2.17. The lowest BCUT2D eigenvalue weighted by molar-refractivity contribution is 0.148. The highest BCUT2D eigenvalue weighted by atomic mass is 16.2. The fraction of sp³-hybridized carbons (Fsp3) is 0.267. The summed E-state index contributed by atoms with van der Waals surface area (Å²) in [5.74, 6) is 0.468.